The highest BCUT2D eigenvalue weighted by atomic mass is 16.5. The SMILES string of the molecule is C=C(Cn1cc(-c2ccccc2)cn1)C(=O)OCC. The van der Waals surface area contributed by atoms with Crippen LogP contribution in [0.4, 0.5) is 0 Å². The predicted molar refractivity (Wildman–Crippen MR) is 73.4 cm³/mol. The van der Waals surface area contributed by atoms with E-state index in [1.54, 1.807) is 17.8 Å². The van der Waals surface area contributed by atoms with Crippen LogP contribution in [0.3, 0.4) is 0 Å². The lowest BCUT2D eigenvalue weighted by Gasteiger charge is -2.04. The van der Waals surface area contributed by atoms with Gasteiger partial charge in [0.05, 0.1) is 24.9 Å². The van der Waals surface area contributed by atoms with E-state index in [2.05, 4.69) is 11.7 Å². The van der Waals surface area contributed by atoms with Gasteiger partial charge in [-0.3, -0.25) is 4.68 Å². The first-order valence-electron chi connectivity index (χ1n) is 6.13. The van der Waals surface area contributed by atoms with E-state index in [1.165, 1.54) is 0 Å². The molecule has 0 aliphatic rings. The second-order valence-corrected chi connectivity index (χ2v) is 4.12. The Hall–Kier alpha value is -2.36. The van der Waals surface area contributed by atoms with E-state index in [4.69, 9.17) is 4.74 Å². The molecule has 2 aromatic rings. The van der Waals surface area contributed by atoms with Gasteiger partial charge in [0.25, 0.3) is 0 Å². The van der Waals surface area contributed by atoms with Crippen molar-refractivity contribution in [3.8, 4) is 11.1 Å². The van der Waals surface area contributed by atoms with Gasteiger partial charge in [0.15, 0.2) is 0 Å². The summed E-state index contributed by atoms with van der Waals surface area (Å²) in [5.41, 5.74) is 2.50. The number of nitrogens with zero attached hydrogens (tertiary/aromatic N) is 2. The Labute approximate surface area is 112 Å². The Kier molecular flexibility index (Phi) is 4.13. The molecule has 0 N–H and O–H groups in total. The normalized spacial score (nSPS) is 10.2. The van der Waals surface area contributed by atoms with Gasteiger partial charge in [0, 0.05) is 11.8 Å². The van der Waals surface area contributed by atoms with Crippen LogP contribution in [0.1, 0.15) is 6.92 Å². The maximum atomic E-state index is 11.5. The average molecular weight is 256 g/mol. The minimum atomic E-state index is -0.376. The number of hydrogen-bond donors (Lipinski definition) is 0. The molecule has 19 heavy (non-hydrogen) atoms. The number of carbonyl (C=O) groups is 1. The van der Waals surface area contributed by atoms with Gasteiger partial charge in [-0.1, -0.05) is 36.9 Å². The van der Waals surface area contributed by atoms with Crippen LogP contribution in [-0.4, -0.2) is 22.4 Å². The number of carbonyl (C=O) groups excluding carboxylic acids is 1. The van der Waals surface area contributed by atoms with Crippen LogP contribution in [0.15, 0.2) is 54.9 Å². The molecule has 1 aromatic heterocycles. The highest BCUT2D eigenvalue weighted by molar-refractivity contribution is 5.87. The van der Waals surface area contributed by atoms with Crippen molar-refractivity contribution in [2.45, 2.75) is 13.5 Å². The fraction of sp³-hybridized carbons (Fsp3) is 0.200. The van der Waals surface area contributed by atoms with Crippen molar-refractivity contribution >= 4 is 5.97 Å². The number of rotatable bonds is 5. The smallest absolute Gasteiger partial charge is 0.335 e. The molecule has 0 aliphatic carbocycles. The lowest BCUT2D eigenvalue weighted by molar-refractivity contribution is -0.138. The van der Waals surface area contributed by atoms with Crippen molar-refractivity contribution in [1.82, 2.24) is 9.78 Å². The summed E-state index contributed by atoms with van der Waals surface area (Å²) in [6.45, 7) is 6.18. The molecule has 98 valence electrons. The van der Waals surface area contributed by atoms with Crippen molar-refractivity contribution in [3.63, 3.8) is 0 Å². The minimum absolute atomic E-state index is 0.339. The molecule has 4 nitrogen and oxygen atoms in total. The Bertz CT molecular complexity index is 573. The number of esters is 1. The zero-order valence-corrected chi connectivity index (χ0v) is 10.9. The fourth-order valence-electron chi connectivity index (χ4n) is 1.72. The molecule has 0 spiro atoms. The van der Waals surface area contributed by atoms with Gasteiger partial charge in [-0.15, -0.1) is 0 Å². The summed E-state index contributed by atoms with van der Waals surface area (Å²) in [7, 11) is 0. The molecule has 0 saturated heterocycles. The molecule has 0 aliphatic heterocycles. The molecule has 1 heterocycles. The largest absolute Gasteiger partial charge is 0.463 e. The molecule has 4 heteroatoms. The van der Waals surface area contributed by atoms with E-state index in [0.717, 1.165) is 11.1 Å². The van der Waals surface area contributed by atoms with Gasteiger partial charge in [0.1, 0.15) is 0 Å². The summed E-state index contributed by atoms with van der Waals surface area (Å²) in [5.74, 6) is -0.376. The van der Waals surface area contributed by atoms with Gasteiger partial charge in [-0.05, 0) is 12.5 Å². The molecule has 0 unspecified atom stereocenters. The number of ether oxygens (including phenoxy) is 1. The van der Waals surface area contributed by atoms with Crippen LogP contribution >= 0.6 is 0 Å². The molecule has 0 bridgehead atoms. The lowest BCUT2D eigenvalue weighted by Crippen LogP contribution is -2.12. The van der Waals surface area contributed by atoms with Crippen molar-refractivity contribution < 1.29 is 9.53 Å². The zero-order valence-electron chi connectivity index (χ0n) is 10.9. The summed E-state index contributed by atoms with van der Waals surface area (Å²) in [6.07, 6.45) is 3.66. The summed E-state index contributed by atoms with van der Waals surface area (Å²) in [4.78, 5) is 11.5. The quantitative estimate of drug-likeness (QED) is 0.610. The van der Waals surface area contributed by atoms with E-state index >= 15 is 0 Å². The van der Waals surface area contributed by atoms with Gasteiger partial charge in [0.2, 0.25) is 0 Å². The summed E-state index contributed by atoms with van der Waals surface area (Å²) in [5, 5.41) is 4.22. The van der Waals surface area contributed by atoms with Crippen LogP contribution < -0.4 is 0 Å². The molecular weight excluding hydrogens is 240 g/mol. The third-order valence-electron chi connectivity index (χ3n) is 2.66. The topological polar surface area (TPSA) is 44.1 Å². The summed E-state index contributed by atoms with van der Waals surface area (Å²) >= 11 is 0. The molecular formula is C15H16N2O2. The van der Waals surface area contributed by atoms with Crippen LogP contribution in [-0.2, 0) is 16.1 Å². The third kappa shape index (κ3) is 3.31. The lowest BCUT2D eigenvalue weighted by atomic mass is 10.1. The highest BCUT2D eigenvalue weighted by Crippen LogP contribution is 2.17. The van der Waals surface area contributed by atoms with Crippen LogP contribution in [0.25, 0.3) is 11.1 Å². The van der Waals surface area contributed by atoms with Crippen molar-refractivity contribution in [2.24, 2.45) is 0 Å². The Morgan fingerprint density at radius 1 is 1.32 bits per heavy atom. The molecule has 0 amide bonds. The second kappa shape index (κ2) is 6.00. The van der Waals surface area contributed by atoms with Crippen molar-refractivity contribution in [1.29, 1.82) is 0 Å². The average Bonchev–Trinajstić information content (AvgIpc) is 2.88. The van der Waals surface area contributed by atoms with Gasteiger partial charge in [-0.2, -0.15) is 5.10 Å². The van der Waals surface area contributed by atoms with Crippen LogP contribution in [0.2, 0.25) is 0 Å². The second-order valence-electron chi connectivity index (χ2n) is 4.12. The van der Waals surface area contributed by atoms with Gasteiger partial charge >= 0.3 is 5.97 Å². The Morgan fingerprint density at radius 2 is 2.05 bits per heavy atom. The number of hydrogen-bond acceptors (Lipinski definition) is 3. The monoisotopic (exact) mass is 256 g/mol. The Morgan fingerprint density at radius 3 is 2.74 bits per heavy atom. The maximum Gasteiger partial charge on any atom is 0.335 e. The predicted octanol–water partition coefficient (Wildman–Crippen LogP) is 2.67. The molecule has 0 atom stereocenters. The van der Waals surface area contributed by atoms with Crippen molar-refractivity contribution in [3.05, 3.63) is 54.9 Å². The first kappa shape index (κ1) is 13.1. The van der Waals surface area contributed by atoms with Crippen molar-refractivity contribution in [2.75, 3.05) is 6.61 Å². The van der Waals surface area contributed by atoms with E-state index in [1.807, 2.05) is 36.5 Å². The standard InChI is InChI=1S/C15H16N2O2/c1-3-19-15(18)12(2)10-17-11-14(9-16-17)13-7-5-4-6-8-13/h4-9,11H,2-3,10H2,1H3. The first-order chi connectivity index (χ1) is 9.20. The third-order valence-corrected chi connectivity index (χ3v) is 2.66. The first-order valence-corrected chi connectivity index (χ1v) is 6.13. The van der Waals surface area contributed by atoms with Crippen LogP contribution in [0, 0.1) is 0 Å². The maximum absolute atomic E-state index is 11.5. The van der Waals surface area contributed by atoms with Crippen LogP contribution in [0.5, 0.6) is 0 Å². The van der Waals surface area contributed by atoms with Gasteiger partial charge < -0.3 is 4.74 Å². The highest BCUT2D eigenvalue weighted by Gasteiger charge is 2.09. The fourth-order valence-corrected chi connectivity index (χ4v) is 1.72. The molecule has 1 aromatic carbocycles. The number of benzene rings is 1. The molecule has 0 fully saturated rings. The summed E-state index contributed by atoms with van der Waals surface area (Å²) in [6, 6.07) is 9.95. The van der Waals surface area contributed by atoms with E-state index in [-0.39, 0.29) is 5.97 Å². The van der Waals surface area contributed by atoms with Gasteiger partial charge in [-0.25, -0.2) is 4.79 Å². The van der Waals surface area contributed by atoms with E-state index in [9.17, 15) is 4.79 Å². The zero-order chi connectivity index (χ0) is 13.7. The van der Waals surface area contributed by atoms with E-state index < -0.39 is 0 Å². The number of aromatic nitrogens is 2. The van der Waals surface area contributed by atoms with E-state index in [0.29, 0.717) is 18.7 Å². The molecule has 0 radical (unpaired) electrons. The molecule has 2 rings (SSSR count). The molecule has 0 saturated carbocycles. The summed E-state index contributed by atoms with van der Waals surface area (Å²) < 4.78 is 6.57. The minimum Gasteiger partial charge on any atom is -0.463 e. The Balaban J connectivity index is 2.06.